The largest absolute Gasteiger partial charge is 0.464 e. The van der Waals surface area contributed by atoms with Crippen molar-refractivity contribution < 1.29 is 14.6 Å². The third kappa shape index (κ3) is 3.37. The van der Waals surface area contributed by atoms with Crippen molar-refractivity contribution in [1.29, 1.82) is 0 Å². The van der Waals surface area contributed by atoms with Gasteiger partial charge < -0.3 is 9.84 Å². The first-order valence-electron chi connectivity index (χ1n) is 4.23. The minimum absolute atomic E-state index is 0.125. The molecule has 1 aromatic heterocycles. The highest BCUT2D eigenvalue weighted by molar-refractivity contribution is 5.86. The highest BCUT2D eigenvalue weighted by Crippen LogP contribution is 1.96. The molecule has 1 N–H and O–H groups in total. The van der Waals surface area contributed by atoms with E-state index >= 15 is 0 Å². The molecule has 1 heterocycles. The Hall–Kier alpha value is -1.93. The van der Waals surface area contributed by atoms with Gasteiger partial charge in [0.25, 0.3) is 0 Å². The topological polar surface area (TPSA) is 72.3 Å². The van der Waals surface area contributed by atoms with Crippen LogP contribution in [0.15, 0.2) is 12.4 Å². The van der Waals surface area contributed by atoms with Gasteiger partial charge in [-0.2, -0.15) is 0 Å². The lowest BCUT2D eigenvalue weighted by Crippen LogP contribution is -2.05. The number of esters is 1. The van der Waals surface area contributed by atoms with Crippen LogP contribution in [0.25, 0.3) is 0 Å². The molecule has 78 valence electrons. The molecule has 15 heavy (non-hydrogen) atoms. The highest BCUT2D eigenvalue weighted by atomic mass is 16.5. The Morgan fingerprint density at radius 2 is 2.27 bits per heavy atom. The minimum Gasteiger partial charge on any atom is -0.464 e. The van der Waals surface area contributed by atoms with Crippen molar-refractivity contribution in [2.45, 2.75) is 13.0 Å². The molecule has 0 aliphatic heterocycles. The zero-order valence-corrected chi connectivity index (χ0v) is 8.39. The van der Waals surface area contributed by atoms with Crippen molar-refractivity contribution >= 4 is 5.97 Å². The van der Waals surface area contributed by atoms with Gasteiger partial charge in [-0.05, 0) is 12.8 Å². The normalized spacial score (nSPS) is 11.1. The number of ether oxygens (including phenoxy) is 1. The van der Waals surface area contributed by atoms with Crippen molar-refractivity contribution in [3.63, 3.8) is 0 Å². The first-order valence-corrected chi connectivity index (χ1v) is 4.23. The van der Waals surface area contributed by atoms with Crippen LogP contribution in [0.3, 0.4) is 0 Å². The van der Waals surface area contributed by atoms with Gasteiger partial charge in [0, 0.05) is 0 Å². The molecule has 0 aromatic carbocycles. The van der Waals surface area contributed by atoms with E-state index in [9.17, 15) is 4.79 Å². The van der Waals surface area contributed by atoms with E-state index in [2.05, 4.69) is 26.5 Å². The molecule has 0 amide bonds. The molecule has 5 heteroatoms. The van der Waals surface area contributed by atoms with Crippen LogP contribution in [0.4, 0.5) is 0 Å². The van der Waals surface area contributed by atoms with Gasteiger partial charge in [-0.3, -0.25) is 0 Å². The molecule has 1 aromatic rings. The van der Waals surface area contributed by atoms with Crippen LogP contribution in [-0.2, 0) is 4.74 Å². The monoisotopic (exact) mass is 206 g/mol. The maximum absolute atomic E-state index is 11.0. The van der Waals surface area contributed by atoms with E-state index in [-0.39, 0.29) is 5.69 Å². The van der Waals surface area contributed by atoms with Crippen LogP contribution in [-0.4, -0.2) is 34.3 Å². The van der Waals surface area contributed by atoms with E-state index in [1.807, 2.05) is 0 Å². The number of aromatic nitrogens is 2. The summed E-state index contributed by atoms with van der Waals surface area (Å²) < 4.78 is 4.46. The second kappa shape index (κ2) is 5.08. The standard InChI is InChI=1S/C10H10N2O3/c1-7(13)3-4-8-5-12-9(6-11-8)10(14)15-2/h5-7,13H,1-2H3/t7-/m0/s1. The lowest BCUT2D eigenvalue weighted by atomic mass is 10.3. The van der Waals surface area contributed by atoms with Gasteiger partial charge in [-0.1, -0.05) is 5.92 Å². The Kier molecular flexibility index (Phi) is 3.77. The molecule has 0 radical (unpaired) electrons. The van der Waals surface area contributed by atoms with Gasteiger partial charge in [-0.15, -0.1) is 0 Å². The van der Waals surface area contributed by atoms with Crippen LogP contribution < -0.4 is 0 Å². The van der Waals surface area contributed by atoms with Crippen LogP contribution in [0, 0.1) is 11.8 Å². The lowest BCUT2D eigenvalue weighted by Gasteiger charge is -1.96. The number of nitrogens with zero attached hydrogens (tertiary/aromatic N) is 2. The first-order chi connectivity index (χ1) is 7.13. The average Bonchev–Trinajstić information content (AvgIpc) is 2.26. The molecule has 0 saturated heterocycles. The molecule has 0 spiro atoms. The van der Waals surface area contributed by atoms with Crippen molar-refractivity contribution in [3.05, 3.63) is 23.8 Å². The SMILES string of the molecule is COC(=O)c1cnc(C#C[C@H](C)O)cn1. The molecule has 1 rings (SSSR count). The summed E-state index contributed by atoms with van der Waals surface area (Å²) in [6.07, 6.45) is 1.91. The Bertz CT molecular complexity index is 401. The fourth-order valence-corrected chi connectivity index (χ4v) is 0.781. The van der Waals surface area contributed by atoms with Gasteiger partial charge in [0.15, 0.2) is 5.69 Å². The third-order valence-electron chi connectivity index (χ3n) is 1.46. The smallest absolute Gasteiger partial charge is 0.358 e. The molecule has 0 bridgehead atoms. The van der Waals surface area contributed by atoms with Gasteiger partial charge in [0.2, 0.25) is 0 Å². The molecule has 1 atom stereocenters. The quantitative estimate of drug-likeness (QED) is 0.517. The Morgan fingerprint density at radius 3 is 2.73 bits per heavy atom. The number of carbonyl (C=O) groups is 1. The predicted octanol–water partition coefficient (Wildman–Crippen LogP) is -0.00450. The summed E-state index contributed by atoms with van der Waals surface area (Å²) in [5.74, 6) is 4.57. The maximum Gasteiger partial charge on any atom is 0.358 e. The summed E-state index contributed by atoms with van der Waals surface area (Å²) in [7, 11) is 1.27. The van der Waals surface area contributed by atoms with Gasteiger partial charge >= 0.3 is 5.97 Å². The second-order valence-electron chi connectivity index (χ2n) is 2.72. The number of carbonyl (C=O) groups excluding carboxylic acids is 1. The number of aliphatic hydroxyl groups excluding tert-OH is 1. The van der Waals surface area contributed by atoms with Gasteiger partial charge in [0.05, 0.1) is 19.5 Å². The van der Waals surface area contributed by atoms with E-state index in [4.69, 9.17) is 5.11 Å². The van der Waals surface area contributed by atoms with E-state index in [1.54, 1.807) is 6.92 Å². The fourth-order valence-electron chi connectivity index (χ4n) is 0.781. The van der Waals surface area contributed by atoms with Crippen molar-refractivity contribution in [2.75, 3.05) is 7.11 Å². The molecule has 5 nitrogen and oxygen atoms in total. The van der Waals surface area contributed by atoms with Crippen LogP contribution in [0.2, 0.25) is 0 Å². The van der Waals surface area contributed by atoms with Gasteiger partial charge in [-0.25, -0.2) is 14.8 Å². The van der Waals surface area contributed by atoms with E-state index < -0.39 is 12.1 Å². The number of hydrogen-bond acceptors (Lipinski definition) is 5. The lowest BCUT2D eigenvalue weighted by molar-refractivity contribution is 0.0593. The van der Waals surface area contributed by atoms with E-state index in [0.717, 1.165) is 0 Å². The first kappa shape index (κ1) is 11.1. The van der Waals surface area contributed by atoms with Crippen molar-refractivity contribution in [2.24, 2.45) is 0 Å². The minimum atomic E-state index is -0.716. The second-order valence-corrected chi connectivity index (χ2v) is 2.72. The highest BCUT2D eigenvalue weighted by Gasteiger charge is 2.06. The summed E-state index contributed by atoms with van der Waals surface area (Å²) >= 11 is 0. The molecule has 0 saturated carbocycles. The molecule has 0 unspecified atom stereocenters. The zero-order chi connectivity index (χ0) is 11.3. The third-order valence-corrected chi connectivity index (χ3v) is 1.46. The molecule has 0 aliphatic carbocycles. The maximum atomic E-state index is 11.0. The summed E-state index contributed by atoms with van der Waals surface area (Å²) in [4.78, 5) is 18.7. The van der Waals surface area contributed by atoms with Gasteiger partial charge in [0.1, 0.15) is 11.8 Å². The molecule has 0 fully saturated rings. The summed E-state index contributed by atoms with van der Waals surface area (Å²) in [5.41, 5.74) is 0.517. The molecular weight excluding hydrogens is 196 g/mol. The van der Waals surface area contributed by atoms with Crippen LogP contribution >= 0.6 is 0 Å². The van der Waals surface area contributed by atoms with E-state index in [0.29, 0.717) is 5.69 Å². The summed E-state index contributed by atoms with van der Waals surface area (Å²) in [6, 6.07) is 0. The Labute approximate surface area is 87.1 Å². The Morgan fingerprint density at radius 1 is 1.53 bits per heavy atom. The molecular formula is C10H10N2O3. The summed E-state index contributed by atoms with van der Waals surface area (Å²) in [5, 5.41) is 8.90. The Balaban J connectivity index is 2.83. The fraction of sp³-hybridized carbons (Fsp3) is 0.300. The number of methoxy groups -OCH3 is 1. The van der Waals surface area contributed by atoms with Crippen molar-refractivity contribution in [3.8, 4) is 11.8 Å². The average molecular weight is 206 g/mol. The van der Waals surface area contributed by atoms with Crippen LogP contribution in [0.5, 0.6) is 0 Å². The number of aliphatic hydroxyl groups is 1. The number of rotatable bonds is 1. The van der Waals surface area contributed by atoms with E-state index in [1.165, 1.54) is 19.5 Å². The zero-order valence-electron chi connectivity index (χ0n) is 8.39. The molecule has 0 aliphatic rings. The van der Waals surface area contributed by atoms with Crippen molar-refractivity contribution in [1.82, 2.24) is 9.97 Å². The van der Waals surface area contributed by atoms with Crippen LogP contribution in [0.1, 0.15) is 23.1 Å². The number of hydrogen-bond donors (Lipinski definition) is 1. The predicted molar refractivity (Wildman–Crippen MR) is 51.9 cm³/mol. The summed E-state index contributed by atoms with van der Waals surface area (Å²) in [6.45, 7) is 1.54.